The Hall–Kier alpha value is -1.86. The summed E-state index contributed by atoms with van der Waals surface area (Å²) < 4.78 is 5.40. The van der Waals surface area contributed by atoms with Crippen molar-refractivity contribution in [1.82, 2.24) is 15.6 Å². The molecule has 6 nitrogen and oxygen atoms in total. The number of carbonyl (C=O) groups excluding carboxylic acids is 1. The van der Waals surface area contributed by atoms with Crippen molar-refractivity contribution in [3.05, 3.63) is 41.8 Å². The number of hydrazine groups is 1. The van der Waals surface area contributed by atoms with E-state index >= 15 is 0 Å². The maximum atomic E-state index is 10.9. The molecule has 0 spiro atoms. The monoisotopic (exact) mass is 264 g/mol. The van der Waals surface area contributed by atoms with Gasteiger partial charge < -0.3 is 4.42 Å². The fraction of sp³-hybridized carbons (Fsp3) is 0.182. The molecule has 1 heterocycles. The van der Waals surface area contributed by atoms with Crippen molar-refractivity contribution in [2.45, 2.75) is 11.6 Å². The smallest absolute Gasteiger partial charge is 0.277 e. The Morgan fingerprint density at radius 1 is 1.33 bits per heavy atom. The zero-order valence-corrected chi connectivity index (χ0v) is 10.3. The molecule has 18 heavy (non-hydrogen) atoms. The van der Waals surface area contributed by atoms with Gasteiger partial charge in [-0.1, -0.05) is 42.1 Å². The van der Waals surface area contributed by atoms with E-state index in [1.54, 1.807) is 0 Å². The second kappa shape index (κ2) is 6.18. The molecule has 0 atom stereocenters. The molecule has 1 aromatic carbocycles. The van der Waals surface area contributed by atoms with Crippen molar-refractivity contribution in [3.8, 4) is 0 Å². The van der Waals surface area contributed by atoms with E-state index in [0.717, 1.165) is 17.3 Å². The molecule has 2 aromatic rings. The first kappa shape index (κ1) is 12.6. The Bertz CT molecular complexity index is 515. The van der Waals surface area contributed by atoms with Gasteiger partial charge in [0.2, 0.25) is 11.8 Å². The number of nitrogens with two attached hydrogens (primary N) is 1. The second-order valence-corrected chi connectivity index (χ2v) is 4.41. The number of nitrogens with one attached hydrogen (secondary N) is 1. The van der Waals surface area contributed by atoms with E-state index in [0.29, 0.717) is 17.5 Å². The summed E-state index contributed by atoms with van der Waals surface area (Å²) in [6.07, 6.45) is 0.581. The Balaban J connectivity index is 1.92. The van der Waals surface area contributed by atoms with Crippen LogP contribution in [0.5, 0.6) is 0 Å². The minimum absolute atomic E-state index is 0.156. The lowest BCUT2D eigenvalue weighted by Gasteiger charge is -1.96. The van der Waals surface area contributed by atoms with Crippen molar-refractivity contribution >= 4 is 17.7 Å². The van der Waals surface area contributed by atoms with Gasteiger partial charge in [-0.2, -0.15) is 0 Å². The summed E-state index contributed by atoms with van der Waals surface area (Å²) in [6, 6.07) is 9.82. The van der Waals surface area contributed by atoms with Crippen molar-refractivity contribution < 1.29 is 9.21 Å². The molecule has 1 aromatic heterocycles. The number of hydrogen-bond donors (Lipinski definition) is 2. The SMILES string of the molecule is NNC(=O)CSc1nnc(Cc2ccccc2)o1. The molecule has 2 rings (SSSR count). The summed E-state index contributed by atoms with van der Waals surface area (Å²) in [4.78, 5) is 10.9. The number of nitrogens with zero attached hydrogens (tertiary/aromatic N) is 2. The van der Waals surface area contributed by atoms with Crippen molar-refractivity contribution in [2.24, 2.45) is 5.84 Å². The number of rotatable bonds is 5. The average molecular weight is 264 g/mol. The van der Waals surface area contributed by atoms with E-state index in [9.17, 15) is 4.79 Å². The molecule has 0 radical (unpaired) electrons. The van der Waals surface area contributed by atoms with Gasteiger partial charge in [0.15, 0.2) is 0 Å². The first-order valence-electron chi connectivity index (χ1n) is 5.26. The van der Waals surface area contributed by atoms with E-state index in [1.807, 2.05) is 35.8 Å². The maximum absolute atomic E-state index is 10.9. The van der Waals surface area contributed by atoms with E-state index in [-0.39, 0.29) is 11.7 Å². The van der Waals surface area contributed by atoms with Crippen LogP contribution in [0.2, 0.25) is 0 Å². The highest BCUT2D eigenvalue weighted by molar-refractivity contribution is 7.99. The van der Waals surface area contributed by atoms with Crippen LogP contribution in [0.15, 0.2) is 40.0 Å². The van der Waals surface area contributed by atoms with Crippen LogP contribution in [0, 0.1) is 0 Å². The predicted molar refractivity (Wildman–Crippen MR) is 66.6 cm³/mol. The molecule has 0 fully saturated rings. The Labute approximate surface area is 108 Å². The molecule has 94 valence electrons. The summed E-state index contributed by atoms with van der Waals surface area (Å²) in [5.41, 5.74) is 3.13. The van der Waals surface area contributed by atoms with Crippen LogP contribution in [0.25, 0.3) is 0 Å². The molecular weight excluding hydrogens is 252 g/mol. The highest BCUT2D eigenvalue weighted by Gasteiger charge is 2.09. The molecule has 0 aliphatic heterocycles. The Kier molecular flexibility index (Phi) is 4.32. The molecular formula is C11H12N4O2S. The minimum Gasteiger partial charge on any atom is -0.416 e. The summed E-state index contributed by atoms with van der Waals surface area (Å²) in [6.45, 7) is 0. The topological polar surface area (TPSA) is 94.0 Å². The van der Waals surface area contributed by atoms with Crippen molar-refractivity contribution in [3.63, 3.8) is 0 Å². The Morgan fingerprint density at radius 2 is 2.11 bits per heavy atom. The lowest BCUT2D eigenvalue weighted by Crippen LogP contribution is -2.31. The first-order valence-corrected chi connectivity index (χ1v) is 6.25. The molecule has 0 saturated heterocycles. The van der Waals surface area contributed by atoms with Crippen LogP contribution in [0.3, 0.4) is 0 Å². The van der Waals surface area contributed by atoms with Gasteiger partial charge in [0.25, 0.3) is 5.22 Å². The van der Waals surface area contributed by atoms with Crippen LogP contribution in [-0.4, -0.2) is 21.9 Å². The van der Waals surface area contributed by atoms with E-state index in [1.165, 1.54) is 0 Å². The van der Waals surface area contributed by atoms with Gasteiger partial charge in [0.1, 0.15) is 0 Å². The molecule has 7 heteroatoms. The zero-order chi connectivity index (χ0) is 12.8. The van der Waals surface area contributed by atoms with Crippen LogP contribution < -0.4 is 11.3 Å². The van der Waals surface area contributed by atoms with Gasteiger partial charge in [-0.3, -0.25) is 10.2 Å². The number of aromatic nitrogens is 2. The normalized spacial score (nSPS) is 10.3. The summed E-state index contributed by atoms with van der Waals surface area (Å²) >= 11 is 1.15. The summed E-state index contributed by atoms with van der Waals surface area (Å²) in [5, 5.41) is 8.12. The average Bonchev–Trinajstić information content (AvgIpc) is 2.85. The van der Waals surface area contributed by atoms with Gasteiger partial charge in [0, 0.05) is 0 Å². The molecule has 0 aliphatic carbocycles. The second-order valence-electron chi connectivity index (χ2n) is 3.48. The van der Waals surface area contributed by atoms with E-state index in [4.69, 9.17) is 10.3 Å². The third kappa shape index (κ3) is 3.57. The van der Waals surface area contributed by atoms with Crippen molar-refractivity contribution in [1.29, 1.82) is 0 Å². The fourth-order valence-corrected chi connectivity index (χ4v) is 1.90. The fourth-order valence-electron chi connectivity index (χ4n) is 1.31. The number of amides is 1. The lowest BCUT2D eigenvalue weighted by molar-refractivity contribution is -0.118. The summed E-state index contributed by atoms with van der Waals surface area (Å²) in [5.74, 6) is 5.36. The number of carbonyl (C=O) groups is 1. The largest absolute Gasteiger partial charge is 0.416 e. The van der Waals surface area contributed by atoms with Gasteiger partial charge in [-0.25, -0.2) is 5.84 Å². The molecule has 1 amide bonds. The Morgan fingerprint density at radius 3 is 2.83 bits per heavy atom. The maximum Gasteiger partial charge on any atom is 0.277 e. The number of benzene rings is 1. The number of thioether (sulfide) groups is 1. The van der Waals surface area contributed by atoms with Gasteiger partial charge in [0.05, 0.1) is 12.2 Å². The quantitative estimate of drug-likeness (QED) is 0.358. The van der Waals surface area contributed by atoms with E-state index in [2.05, 4.69) is 10.2 Å². The highest BCUT2D eigenvalue weighted by Crippen LogP contribution is 2.17. The third-order valence-electron chi connectivity index (χ3n) is 2.13. The van der Waals surface area contributed by atoms with Gasteiger partial charge in [-0.05, 0) is 5.56 Å². The van der Waals surface area contributed by atoms with Crippen LogP contribution in [-0.2, 0) is 11.2 Å². The first-order chi connectivity index (χ1) is 8.78. The third-order valence-corrected chi connectivity index (χ3v) is 2.95. The molecule has 0 saturated carbocycles. The molecule has 0 unspecified atom stereocenters. The van der Waals surface area contributed by atoms with Crippen LogP contribution in [0.1, 0.15) is 11.5 Å². The van der Waals surface area contributed by atoms with Gasteiger partial charge >= 0.3 is 0 Å². The summed E-state index contributed by atoms with van der Waals surface area (Å²) in [7, 11) is 0. The van der Waals surface area contributed by atoms with E-state index < -0.39 is 0 Å². The van der Waals surface area contributed by atoms with Gasteiger partial charge in [-0.15, -0.1) is 10.2 Å². The highest BCUT2D eigenvalue weighted by atomic mass is 32.2. The van der Waals surface area contributed by atoms with Crippen molar-refractivity contribution in [2.75, 3.05) is 5.75 Å². The zero-order valence-electron chi connectivity index (χ0n) is 9.50. The number of hydrogen-bond acceptors (Lipinski definition) is 6. The standard InChI is InChI=1S/C11H12N4O2S/c12-13-9(16)7-18-11-15-14-10(17-11)6-8-4-2-1-3-5-8/h1-5H,6-7,12H2,(H,13,16). The van der Waals surface area contributed by atoms with Crippen LogP contribution in [0.4, 0.5) is 0 Å². The minimum atomic E-state index is -0.289. The molecule has 0 aliphatic rings. The predicted octanol–water partition coefficient (Wildman–Crippen LogP) is 0.742. The molecule has 0 bridgehead atoms. The van der Waals surface area contributed by atoms with Crippen LogP contribution >= 0.6 is 11.8 Å². The lowest BCUT2D eigenvalue weighted by atomic mass is 10.2. The molecule has 3 N–H and O–H groups in total.